The van der Waals surface area contributed by atoms with Gasteiger partial charge in [-0.15, -0.1) is 24.0 Å². The fourth-order valence-electron chi connectivity index (χ4n) is 2.44. The second-order valence-electron chi connectivity index (χ2n) is 5.89. The van der Waals surface area contributed by atoms with Gasteiger partial charge in [-0.05, 0) is 43.2 Å². The van der Waals surface area contributed by atoms with Crippen LogP contribution in [0.25, 0.3) is 0 Å². The van der Waals surface area contributed by atoms with E-state index in [0.29, 0.717) is 36.2 Å². The number of hydrogen-bond donors (Lipinski definition) is 3. The molecule has 7 nitrogen and oxygen atoms in total. The molecule has 2 rings (SSSR count). The van der Waals surface area contributed by atoms with Crippen molar-refractivity contribution in [1.82, 2.24) is 20.9 Å². The van der Waals surface area contributed by atoms with Crippen LogP contribution in [0, 0.1) is 0 Å². The Morgan fingerprint density at radius 2 is 2.00 bits per heavy atom. The number of ether oxygens (including phenoxy) is 1. The number of amides is 1. The van der Waals surface area contributed by atoms with Crippen LogP contribution in [0.3, 0.4) is 0 Å². The molecule has 0 saturated heterocycles. The molecule has 1 aromatic heterocycles. The molecular formula is C20H27ClIN5O2. The summed E-state index contributed by atoms with van der Waals surface area (Å²) in [7, 11) is 1.61. The van der Waals surface area contributed by atoms with E-state index in [1.54, 1.807) is 37.7 Å². The van der Waals surface area contributed by atoms with Crippen molar-refractivity contribution in [2.24, 2.45) is 4.99 Å². The second kappa shape index (κ2) is 14.0. The molecule has 0 unspecified atom stereocenters. The Hall–Kier alpha value is -2.07. The van der Waals surface area contributed by atoms with Crippen molar-refractivity contribution < 1.29 is 9.53 Å². The summed E-state index contributed by atoms with van der Waals surface area (Å²) in [6, 6.07) is 9.10. The highest BCUT2D eigenvalue weighted by atomic mass is 127. The molecular weight excluding hydrogens is 505 g/mol. The van der Waals surface area contributed by atoms with Crippen LogP contribution in [0.2, 0.25) is 5.02 Å². The smallest absolute Gasteiger partial charge is 0.252 e. The molecule has 158 valence electrons. The van der Waals surface area contributed by atoms with Gasteiger partial charge in [0, 0.05) is 43.6 Å². The van der Waals surface area contributed by atoms with Crippen LogP contribution in [0.5, 0.6) is 5.75 Å². The number of methoxy groups -OCH3 is 1. The number of hydrogen-bond acceptors (Lipinski definition) is 4. The molecule has 0 aliphatic carbocycles. The Kier molecular flexibility index (Phi) is 12.1. The Morgan fingerprint density at radius 3 is 2.66 bits per heavy atom. The van der Waals surface area contributed by atoms with Gasteiger partial charge in [-0.3, -0.25) is 14.8 Å². The predicted octanol–water partition coefficient (Wildman–Crippen LogP) is 2.89. The first-order chi connectivity index (χ1) is 13.6. The van der Waals surface area contributed by atoms with E-state index in [1.807, 2.05) is 19.1 Å². The molecule has 3 N–H and O–H groups in total. The summed E-state index contributed by atoms with van der Waals surface area (Å²) in [5, 5.41) is 9.90. The van der Waals surface area contributed by atoms with Crippen molar-refractivity contribution >= 4 is 47.4 Å². The van der Waals surface area contributed by atoms with E-state index in [2.05, 4.69) is 25.9 Å². The van der Waals surface area contributed by atoms with Gasteiger partial charge < -0.3 is 20.7 Å². The molecule has 0 radical (unpaired) electrons. The quantitative estimate of drug-likeness (QED) is 0.200. The average molecular weight is 532 g/mol. The van der Waals surface area contributed by atoms with Gasteiger partial charge in [0.2, 0.25) is 0 Å². The van der Waals surface area contributed by atoms with E-state index < -0.39 is 0 Å². The topological polar surface area (TPSA) is 87.6 Å². The van der Waals surface area contributed by atoms with Crippen molar-refractivity contribution in [3.8, 4) is 5.75 Å². The zero-order valence-electron chi connectivity index (χ0n) is 16.6. The van der Waals surface area contributed by atoms with Crippen LogP contribution in [0.15, 0.2) is 47.7 Å². The molecule has 0 fully saturated rings. The molecule has 0 saturated carbocycles. The maximum atomic E-state index is 12.0. The number of guanidine groups is 1. The summed E-state index contributed by atoms with van der Waals surface area (Å²) in [5.74, 6) is 1.29. The van der Waals surface area contributed by atoms with Gasteiger partial charge in [0.15, 0.2) is 5.96 Å². The van der Waals surface area contributed by atoms with Gasteiger partial charge in [0.25, 0.3) is 5.91 Å². The van der Waals surface area contributed by atoms with Gasteiger partial charge in [0.1, 0.15) is 5.75 Å². The highest BCUT2D eigenvalue weighted by molar-refractivity contribution is 14.0. The van der Waals surface area contributed by atoms with Crippen LogP contribution in [0.1, 0.15) is 22.8 Å². The van der Waals surface area contributed by atoms with E-state index in [-0.39, 0.29) is 29.9 Å². The number of nitrogens with one attached hydrogen (secondary N) is 3. The Labute approximate surface area is 193 Å². The molecule has 0 spiro atoms. The lowest BCUT2D eigenvalue weighted by Crippen LogP contribution is -2.41. The number of rotatable bonds is 9. The maximum absolute atomic E-state index is 12.0. The minimum atomic E-state index is -0.147. The molecule has 2 aromatic rings. The Morgan fingerprint density at radius 1 is 1.21 bits per heavy atom. The molecule has 0 aliphatic rings. The largest absolute Gasteiger partial charge is 0.497 e. The molecule has 0 atom stereocenters. The van der Waals surface area contributed by atoms with E-state index in [4.69, 9.17) is 16.3 Å². The van der Waals surface area contributed by atoms with Crippen molar-refractivity contribution in [1.29, 1.82) is 0 Å². The van der Waals surface area contributed by atoms with Crippen molar-refractivity contribution in [2.75, 3.05) is 33.3 Å². The highest BCUT2D eigenvalue weighted by Crippen LogP contribution is 2.22. The normalized spacial score (nSPS) is 10.7. The molecule has 0 bridgehead atoms. The number of halogens is 2. The van der Waals surface area contributed by atoms with Crippen LogP contribution in [0.4, 0.5) is 0 Å². The number of pyridine rings is 1. The first-order valence-corrected chi connectivity index (χ1v) is 9.54. The van der Waals surface area contributed by atoms with Crippen molar-refractivity contribution in [3.05, 3.63) is 58.9 Å². The first kappa shape index (κ1) is 25.0. The van der Waals surface area contributed by atoms with E-state index in [9.17, 15) is 4.79 Å². The molecule has 1 aromatic carbocycles. The zero-order valence-corrected chi connectivity index (χ0v) is 19.7. The first-order valence-electron chi connectivity index (χ1n) is 9.17. The second-order valence-corrected chi connectivity index (χ2v) is 6.30. The third-order valence-electron chi connectivity index (χ3n) is 3.88. The zero-order chi connectivity index (χ0) is 20.2. The minimum Gasteiger partial charge on any atom is -0.497 e. The number of benzene rings is 1. The van der Waals surface area contributed by atoms with Gasteiger partial charge in [-0.2, -0.15) is 0 Å². The number of aliphatic imine (C=N–C) groups is 1. The van der Waals surface area contributed by atoms with E-state index in [0.717, 1.165) is 24.3 Å². The van der Waals surface area contributed by atoms with Crippen molar-refractivity contribution in [2.45, 2.75) is 13.3 Å². The summed E-state index contributed by atoms with van der Waals surface area (Å²) in [5.41, 5.74) is 1.56. The van der Waals surface area contributed by atoms with Crippen LogP contribution < -0.4 is 20.7 Å². The van der Waals surface area contributed by atoms with Crippen LogP contribution in [-0.4, -0.2) is 50.1 Å². The minimum absolute atomic E-state index is 0. The number of carbonyl (C=O) groups excluding carboxylic acids is 1. The van der Waals surface area contributed by atoms with Gasteiger partial charge in [0.05, 0.1) is 12.7 Å². The average Bonchev–Trinajstić information content (AvgIpc) is 2.72. The molecule has 0 aliphatic heterocycles. The Balaban J connectivity index is 0.00000420. The van der Waals surface area contributed by atoms with Gasteiger partial charge in [-0.1, -0.05) is 17.7 Å². The highest BCUT2D eigenvalue weighted by Gasteiger charge is 2.05. The molecule has 1 amide bonds. The summed E-state index contributed by atoms with van der Waals surface area (Å²) < 4.78 is 5.16. The number of aromatic nitrogens is 1. The van der Waals surface area contributed by atoms with Gasteiger partial charge in [-0.25, -0.2) is 0 Å². The fraction of sp³-hybridized carbons (Fsp3) is 0.350. The summed E-state index contributed by atoms with van der Waals surface area (Å²) in [6.45, 7) is 4.37. The van der Waals surface area contributed by atoms with Crippen LogP contribution >= 0.6 is 35.6 Å². The van der Waals surface area contributed by atoms with Crippen LogP contribution in [-0.2, 0) is 6.42 Å². The monoisotopic (exact) mass is 531 g/mol. The maximum Gasteiger partial charge on any atom is 0.252 e. The Bertz CT molecular complexity index is 790. The predicted molar refractivity (Wildman–Crippen MR) is 128 cm³/mol. The fourth-order valence-corrected chi connectivity index (χ4v) is 2.71. The summed E-state index contributed by atoms with van der Waals surface area (Å²) in [4.78, 5) is 20.5. The number of nitrogens with zero attached hydrogens (tertiary/aromatic N) is 2. The van der Waals surface area contributed by atoms with E-state index >= 15 is 0 Å². The standard InChI is InChI=1S/C20H26ClN5O2.HI/c1-3-23-20(25-10-8-15-6-7-17(28-2)13-18(15)21)26-12-11-24-19(27)16-5-4-9-22-14-16;/h4-7,9,13-14H,3,8,10-12H2,1-2H3,(H,24,27)(H2,23,25,26);1H. The third-order valence-corrected chi connectivity index (χ3v) is 4.23. The molecule has 29 heavy (non-hydrogen) atoms. The summed E-state index contributed by atoms with van der Waals surface area (Å²) >= 11 is 6.26. The lowest BCUT2D eigenvalue weighted by Gasteiger charge is -2.12. The van der Waals surface area contributed by atoms with Gasteiger partial charge >= 0.3 is 0 Å². The third kappa shape index (κ3) is 8.86. The number of carbonyl (C=O) groups is 1. The molecule has 9 heteroatoms. The van der Waals surface area contributed by atoms with E-state index in [1.165, 1.54) is 0 Å². The van der Waals surface area contributed by atoms with Crippen molar-refractivity contribution in [3.63, 3.8) is 0 Å². The molecule has 1 heterocycles. The summed E-state index contributed by atoms with van der Waals surface area (Å²) in [6.07, 6.45) is 3.90. The lowest BCUT2D eigenvalue weighted by atomic mass is 10.1. The lowest BCUT2D eigenvalue weighted by molar-refractivity contribution is 0.0954. The SMILES string of the molecule is CCNC(=NCCc1ccc(OC)cc1Cl)NCCNC(=O)c1cccnc1.I.